The lowest BCUT2D eigenvalue weighted by Crippen LogP contribution is -2.15. The van der Waals surface area contributed by atoms with Gasteiger partial charge in [-0.2, -0.15) is 0 Å². The van der Waals surface area contributed by atoms with Crippen LogP contribution in [0, 0.1) is 0 Å². The Morgan fingerprint density at radius 3 is 3.05 bits per heavy atom. The van der Waals surface area contributed by atoms with E-state index in [9.17, 15) is 0 Å². The lowest BCUT2D eigenvalue weighted by molar-refractivity contribution is 0.531. The molecule has 2 aromatic rings. The van der Waals surface area contributed by atoms with Crippen molar-refractivity contribution in [1.29, 1.82) is 0 Å². The number of fused-ring (bicyclic) bond motifs is 1. The Bertz CT molecular complexity index is 591. The van der Waals surface area contributed by atoms with Crippen LogP contribution in [0.25, 0.3) is 0 Å². The molecule has 0 aromatic carbocycles. The third-order valence-corrected chi connectivity index (χ3v) is 4.47. The molecule has 2 heterocycles. The van der Waals surface area contributed by atoms with Gasteiger partial charge in [0.25, 0.3) is 0 Å². The van der Waals surface area contributed by atoms with Crippen molar-refractivity contribution in [3.63, 3.8) is 0 Å². The third-order valence-electron chi connectivity index (χ3n) is 4.04. The Morgan fingerprint density at radius 2 is 2.25 bits per heavy atom. The molecule has 3 rings (SSSR count). The maximum Gasteiger partial charge on any atom is 0.0486 e. The molecule has 0 amide bonds. The van der Waals surface area contributed by atoms with Crippen molar-refractivity contribution in [2.75, 3.05) is 7.05 Å². The van der Waals surface area contributed by atoms with Crippen LogP contribution < -0.4 is 5.32 Å². The number of aromatic nitrogens is 2. The summed E-state index contributed by atoms with van der Waals surface area (Å²) >= 11 is 3.48. The summed E-state index contributed by atoms with van der Waals surface area (Å²) in [5.74, 6) is 0. The van der Waals surface area contributed by atoms with E-state index in [1.807, 2.05) is 12.4 Å². The average molecular weight is 334 g/mol. The molecule has 0 saturated carbocycles. The molecule has 1 unspecified atom stereocenters. The van der Waals surface area contributed by atoms with E-state index in [-0.39, 0.29) is 0 Å². The largest absolute Gasteiger partial charge is 0.349 e. The highest BCUT2D eigenvalue weighted by Gasteiger charge is 2.19. The smallest absolute Gasteiger partial charge is 0.0486 e. The van der Waals surface area contributed by atoms with Crippen molar-refractivity contribution in [1.82, 2.24) is 14.9 Å². The van der Waals surface area contributed by atoms with Crippen LogP contribution >= 0.6 is 15.9 Å². The van der Waals surface area contributed by atoms with Gasteiger partial charge in [-0.25, -0.2) is 0 Å². The number of hydrogen-bond donors (Lipinski definition) is 1. The van der Waals surface area contributed by atoms with Crippen molar-refractivity contribution >= 4 is 15.9 Å². The van der Waals surface area contributed by atoms with E-state index in [4.69, 9.17) is 0 Å². The van der Waals surface area contributed by atoms with Gasteiger partial charge in [-0.3, -0.25) is 4.98 Å². The normalized spacial score (nSPS) is 18.6. The fraction of sp³-hybridized carbons (Fsp3) is 0.438. The monoisotopic (exact) mass is 333 g/mol. The SMILES string of the molecule is CNC1CCCCc2cn(Cc3cncc(Br)c3)cc21. The molecule has 20 heavy (non-hydrogen) atoms. The van der Waals surface area contributed by atoms with Gasteiger partial charge in [0.05, 0.1) is 0 Å². The first-order valence-corrected chi connectivity index (χ1v) is 8.01. The first-order valence-electron chi connectivity index (χ1n) is 7.21. The molecule has 4 heteroatoms. The Labute approximate surface area is 128 Å². The Kier molecular flexibility index (Phi) is 4.22. The quantitative estimate of drug-likeness (QED) is 0.868. The third kappa shape index (κ3) is 2.96. The standard InChI is InChI=1S/C16H20BrN3/c1-18-16-5-3-2-4-13-10-20(11-15(13)16)9-12-6-14(17)8-19-7-12/h6-8,10-11,16,18H,2-5,9H2,1H3. The van der Waals surface area contributed by atoms with Gasteiger partial charge in [0.1, 0.15) is 0 Å². The summed E-state index contributed by atoms with van der Waals surface area (Å²) in [5.41, 5.74) is 4.21. The van der Waals surface area contributed by atoms with Crippen LogP contribution in [0.4, 0.5) is 0 Å². The lowest BCUT2D eigenvalue weighted by Gasteiger charge is -2.13. The van der Waals surface area contributed by atoms with Gasteiger partial charge in [-0.05, 0) is 65.0 Å². The number of nitrogens with zero attached hydrogens (tertiary/aromatic N) is 2. The molecule has 0 bridgehead atoms. The van der Waals surface area contributed by atoms with Crippen LogP contribution in [0.15, 0.2) is 35.3 Å². The maximum absolute atomic E-state index is 4.24. The second kappa shape index (κ2) is 6.10. The maximum atomic E-state index is 4.24. The molecule has 0 aliphatic heterocycles. The summed E-state index contributed by atoms with van der Waals surface area (Å²) in [6.07, 6.45) is 13.4. The van der Waals surface area contributed by atoms with Gasteiger partial charge in [0.2, 0.25) is 0 Å². The fourth-order valence-electron chi connectivity index (χ4n) is 3.06. The van der Waals surface area contributed by atoms with Gasteiger partial charge in [-0.15, -0.1) is 0 Å². The van der Waals surface area contributed by atoms with Crippen LogP contribution in [0.1, 0.15) is 42.0 Å². The van der Waals surface area contributed by atoms with Gasteiger partial charge >= 0.3 is 0 Å². The van der Waals surface area contributed by atoms with E-state index in [0.29, 0.717) is 6.04 Å². The molecular formula is C16H20BrN3. The van der Waals surface area contributed by atoms with Crippen LogP contribution in [0.3, 0.4) is 0 Å². The van der Waals surface area contributed by atoms with Crippen molar-refractivity contribution in [3.8, 4) is 0 Å². The zero-order chi connectivity index (χ0) is 13.9. The number of nitrogens with one attached hydrogen (secondary N) is 1. The van der Waals surface area contributed by atoms with Gasteiger partial charge in [0, 0.05) is 41.8 Å². The number of hydrogen-bond acceptors (Lipinski definition) is 2. The molecule has 2 aromatic heterocycles. The Balaban J connectivity index is 1.85. The molecule has 0 fully saturated rings. The molecule has 1 N–H and O–H groups in total. The average Bonchev–Trinajstić information content (AvgIpc) is 2.72. The summed E-state index contributed by atoms with van der Waals surface area (Å²) in [7, 11) is 2.06. The van der Waals surface area contributed by atoms with Crippen LogP contribution in [0.2, 0.25) is 0 Å². The van der Waals surface area contributed by atoms with Crippen LogP contribution in [0.5, 0.6) is 0 Å². The Morgan fingerprint density at radius 1 is 1.35 bits per heavy atom. The van der Waals surface area contributed by atoms with E-state index in [1.54, 1.807) is 0 Å². The van der Waals surface area contributed by atoms with Crippen molar-refractivity contribution in [2.45, 2.75) is 38.3 Å². The summed E-state index contributed by atoms with van der Waals surface area (Å²) in [5, 5.41) is 3.45. The molecular weight excluding hydrogens is 314 g/mol. The highest BCUT2D eigenvalue weighted by atomic mass is 79.9. The van der Waals surface area contributed by atoms with Gasteiger partial charge < -0.3 is 9.88 Å². The highest BCUT2D eigenvalue weighted by molar-refractivity contribution is 9.10. The number of aryl methyl sites for hydroxylation is 1. The predicted octanol–water partition coefficient (Wildman–Crippen LogP) is 3.68. The van der Waals surface area contributed by atoms with E-state index in [2.05, 4.69) is 56.3 Å². The van der Waals surface area contributed by atoms with E-state index in [1.165, 1.54) is 42.4 Å². The summed E-state index contributed by atoms with van der Waals surface area (Å²) in [4.78, 5) is 4.24. The second-order valence-corrected chi connectivity index (χ2v) is 6.43. The van der Waals surface area contributed by atoms with Crippen LogP contribution in [-0.4, -0.2) is 16.6 Å². The van der Waals surface area contributed by atoms with Gasteiger partial charge in [0.15, 0.2) is 0 Å². The molecule has 3 nitrogen and oxygen atoms in total. The van der Waals surface area contributed by atoms with E-state index < -0.39 is 0 Å². The first kappa shape index (κ1) is 13.8. The van der Waals surface area contributed by atoms with Crippen molar-refractivity contribution in [3.05, 3.63) is 52.0 Å². The molecule has 0 saturated heterocycles. The van der Waals surface area contributed by atoms with Crippen molar-refractivity contribution in [2.24, 2.45) is 0 Å². The molecule has 1 aliphatic carbocycles. The minimum Gasteiger partial charge on any atom is -0.349 e. The summed E-state index contributed by atoms with van der Waals surface area (Å²) in [6, 6.07) is 2.64. The number of pyridine rings is 1. The number of rotatable bonds is 3. The Hall–Kier alpha value is -1.13. The summed E-state index contributed by atoms with van der Waals surface area (Å²) in [6.45, 7) is 0.885. The van der Waals surface area contributed by atoms with E-state index in [0.717, 1.165) is 11.0 Å². The number of halogens is 1. The molecule has 1 aliphatic rings. The topological polar surface area (TPSA) is 29.9 Å². The molecule has 0 radical (unpaired) electrons. The van der Waals surface area contributed by atoms with Crippen molar-refractivity contribution < 1.29 is 0 Å². The lowest BCUT2D eigenvalue weighted by atomic mass is 10.1. The highest BCUT2D eigenvalue weighted by Crippen LogP contribution is 2.29. The first-order chi connectivity index (χ1) is 9.76. The zero-order valence-corrected chi connectivity index (χ0v) is 13.4. The fourth-order valence-corrected chi connectivity index (χ4v) is 3.47. The minimum atomic E-state index is 0.509. The minimum absolute atomic E-state index is 0.509. The molecule has 106 valence electrons. The molecule has 0 spiro atoms. The predicted molar refractivity (Wildman–Crippen MR) is 84.8 cm³/mol. The van der Waals surface area contributed by atoms with Crippen LogP contribution in [-0.2, 0) is 13.0 Å². The summed E-state index contributed by atoms with van der Waals surface area (Å²) < 4.78 is 3.33. The molecule has 1 atom stereocenters. The van der Waals surface area contributed by atoms with Gasteiger partial charge in [-0.1, -0.05) is 6.42 Å². The zero-order valence-electron chi connectivity index (χ0n) is 11.8. The second-order valence-electron chi connectivity index (χ2n) is 5.51. The van der Waals surface area contributed by atoms with E-state index >= 15 is 0 Å².